The first-order valence-corrected chi connectivity index (χ1v) is 11.7. The Morgan fingerprint density at radius 2 is 1.55 bits per heavy atom. The number of hydrogen-bond acceptors (Lipinski definition) is 2. The second-order valence-electron chi connectivity index (χ2n) is 7.93. The molecule has 0 heterocycles. The maximum Gasteiger partial charge on any atom is 0.243 e. The van der Waals surface area contributed by atoms with Gasteiger partial charge in [-0.15, -0.1) is 0 Å². The number of amides is 2. The number of hydrogen-bond donors (Lipinski definition) is 1. The van der Waals surface area contributed by atoms with Gasteiger partial charge in [-0.05, 0) is 48.2 Å². The van der Waals surface area contributed by atoms with Gasteiger partial charge >= 0.3 is 0 Å². The summed E-state index contributed by atoms with van der Waals surface area (Å²) in [5.74, 6) is -0.394. The van der Waals surface area contributed by atoms with Crippen LogP contribution in [0.1, 0.15) is 29.2 Å². The van der Waals surface area contributed by atoms with Gasteiger partial charge in [0.2, 0.25) is 11.8 Å². The van der Waals surface area contributed by atoms with Crippen molar-refractivity contribution in [3.05, 3.63) is 105 Å². The molecule has 3 aromatic rings. The van der Waals surface area contributed by atoms with Gasteiger partial charge in [-0.2, -0.15) is 0 Å². The summed E-state index contributed by atoms with van der Waals surface area (Å²) < 4.78 is 0. The largest absolute Gasteiger partial charge is 0.355 e. The molecule has 3 rings (SSSR count). The van der Waals surface area contributed by atoms with E-state index in [4.69, 9.17) is 23.2 Å². The van der Waals surface area contributed by atoms with Gasteiger partial charge in [0.25, 0.3) is 0 Å². The van der Waals surface area contributed by atoms with Gasteiger partial charge in [0, 0.05) is 29.6 Å². The molecule has 1 N–H and O–H groups in total. The van der Waals surface area contributed by atoms with E-state index >= 15 is 0 Å². The molecule has 3 aromatic carbocycles. The molecule has 6 heteroatoms. The summed E-state index contributed by atoms with van der Waals surface area (Å²) in [7, 11) is 0. The van der Waals surface area contributed by atoms with Crippen molar-refractivity contribution in [2.24, 2.45) is 0 Å². The number of aryl methyl sites for hydroxylation is 1. The van der Waals surface area contributed by atoms with E-state index in [1.165, 1.54) is 0 Å². The van der Waals surface area contributed by atoms with Crippen LogP contribution in [0, 0.1) is 6.92 Å². The fourth-order valence-electron chi connectivity index (χ4n) is 3.77. The lowest BCUT2D eigenvalue weighted by atomic mass is 10.0. The monoisotopic (exact) mass is 482 g/mol. The Morgan fingerprint density at radius 3 is 2.18 bits per heavy atom. The second kappa shape index (κ2) is 11.9. The minimum absolute atomic E-state index is 0.00901. The smallest absolute Gasteiger partial charge is 0.243 e. The van der Waals surface area contributed by atoms with Crippen LogP contribution in [0.15, 0.2) is 72.8 Å². The number of nitrogens with zero attached hydrogens (tertiary/aromatic N) is 1. The van der Waals surface area contributed by atoms with Gasteiger partial charge in [-0.3, -0.25) is 9.59 Å². The zero-order valence-electron chi connectivity index (χ0n) is 18.9. The summed E-state index contributed by atoms with van der Waals surface area (Å²) >= 11 is 12.7. The number of carbonyl (C=O) groups is 2. The Labute approximate surface area is 205 Å². The van der Waals surface area contributed by atoms with Crippen LogP contribution in [0.3, 0.4) is 0 Å². The van der Waals surface area contributed by atoms with E-state index in [-0.39, 0.29) is 18.2 Å². The summed E-state index contributed by atoms with van der Waals surface area (Å²) in [6.45, 7) is 4.66. The van der Waals surface area contributed by atoms with Crippen LogP contribution >= 0.6 is 23.2 Å². The van der Waals surface area contributed by atoms with E-state index in [0.29, 0.717) is 35.1 Å². The predicted octanol–water partition coefficient (Wildman–Crippen LogP) is 5.62. The maximum atomic E-state index is 13.7. The molecule has 0 radical (unpaired) electrons. The van der Waals surface area contributed by atoms with Crippen LogP contribution in [0.2, 0.25) is 10.0 Å². The van der Waals surface area contributed by atoms with E-state index in [0.717, 1.165) is 16.7 Å². The van der Waals surface area contributed by atoms with Gasteiger partial charge in [-0.1, -0.05) is 83.9 Å². The molecule has 0 saturated heterocycles. The van der Waals surface area contributed by atoms with Crippen LogP contribution in [-0.2, 0) is 29.0 Å². The Morgan fingerprint density at radius 1 is 0.909 bits per heavy atom. The summed E-state index contributed by atoms with van der Waals surface area (Å²) in [5, 5.41) is 3.77. The van der Waals surface area contributed by atoms with Gasteiger partial charge < -0.3 is 10.2 Å². The number of rotatable bonds is 9. The molecule has 0 aliphatic heterocycles. The molecular weight excluding hydrogens is 455 g/mol. The summed E-state index contributed by atoms with van der Waals surface area (Å²) in [5.41, 5.74) is 3.58. The molecule has 4 nitrogen and oxygen atoms in total. The number of carbonyl (C=O) groups excluding carboxylic acids is 2. The lowest BCUT2D eigenvalue weighted by Crippen LogP contribution is -2.51. The van der Waals surface area contributed by atoms with Gasteiger partial charge in [0.05, 0.1) is 6.42 Å². The van der Waals surface area contributed by atoms with E-state index in [9.17, 15) is 9.59 Å². The fraction of sp³-hybridized carbons (Fsp3) is 0.259. The average molecular weight is 483 g/mol. The van der Waals surface area contributed by atoms with Crippen LogP contribution in [-0.4, -0.2) is 29.3 Å². The van der Waals surface area contributed by atoms with Crippen LogP contribution in [0.25, 0.3) is 0 Å². The van der Waals surface area contributed by atoms with Gasteiger partial charge in [0.15, 0.2) is 0 Å². The number of benzene rings is 3. The molecule has 0 spiro atoms. The molecule has 1 atom stereocenters. The Balaban J connectivity index is 2.01. The van der Waals surface area contributed by atoms with Gasteiger partial charge in [0.1, 0.15) is 6.04 Å². The highest BCUT2D eigenvalue weighted by atomic mass is 35.5. The third kappa shape index (κ3) is 6.59. The van der Waals surface area contributed by atoms with Crippen molar-refractivity contribution < 1.29 is 9.59 Å². The molecule has 33 heavy (non-hydrogen) atoms. The quantitative estimate of drug-likeness (QED) is 0.430. The summed E-state index contributed by atoms with van der Waals surface area (Å²) in [6, 6.07) is 22.1. The van der Waals surface area contributed by atoms with Crippen molar-refractivity contribution >= 4 is 35.0 Å². The van der Waals surface area contributed by atoms with E-state index in [1.54, 1.807) is 23.1 Å². The molecule has 0 saturated carbocycles. The van der Waals surface area contributed by atoms with Crippen molar-refractivity contribution in [2.45, 2.75) is 39.3 Å². The van der Waals surface area contributed by atoms with Crippen LogP contribution < -0.4 is 5.32 Å². The SMILES string of the molecule is CCNC(=O)C(Cc1ccccc1)N(Cc1ccccc1C)C(=O)Cc1c(Cl)cccc1Cl. The third-order valence-electron chi connectivity index (χ3n) is 5.61. The third-order valence-corrected chi connectivity index (χ3v) is 6.32. The zero-order chi connectivity index (χ0) is 23.8. The molecule has 2 amide bonds. The van der Waals surface area contributed by atoms with Crippen molar-refractivity contribution in [1.29, 1.82) is 0 Å². The van der Waals surface area contributed by atoms with Gasteiger partial charge in [-0.25, -0.2) is 0 Å². The number of nitrogens with one attached hydrogen (secondary N) is 1. The van der Waals surface area contributed by atoms with Crippen molar-refractivity contribution in [1.82, 2.24) is 10.2 Å². The minimum Gasteiger partial charge on any atom is -0.355 e. The first kappa shape index (κ1) is 24.8. The zero-order valence-corrected chi connectivity index (χ0v) is 20.4. The lowest BCUT2D eigenvalue weighted by molar-refractivity contribution is -0.140. The Hall–Kier alpha value is -2.82. The van der Waals surface area contributed by atoms with E-state index < -0.39 is 6.04 Å². The van der Waals surface area contributed by atoms with Crippen molar-refractivity contribution in [3.8, 4) is 0 Å². The lowest BCUT2D eigenvalue weighted by Gasteiger charge is -2.32. The minimum atomic E-state index is -0.680. The Bertz CT molecular complexity index is 1080. The molecule has 0 aliphatic rings. The first-order valence-electron chi connectivity index (χ1n) is 11.0. The highest BCUT2D eigenvalue weighted by molar-refractivity contribution is 6.36. The molecule has 0 aromatic heterocycles. The molecule has 0 aliphatic carbocycles. The first-order chi connectivity index (χ1) is 15.9. The topological polar surface area (TPSA) is 49.4 Å². The maximum absolute atomic E-state index is 13.7. The normalized spacial score (nSPS) is 11.6. The fourth-order valence-corrected chi connectivity index (χ4v) is 4.30. The standard InChI is InChI=1S/C27H28Cl2N2O2/c1-3-30-27(33)25(16-20-11-5-4-6-12-20)31(18-21-13-8-7-10-19(21)2)26(32)17-22-23(28)14-9-15-24(22)29/h4-15,25H,3,16-18H2,1-2H3,(H,30,33). The number of halogens is 2. The van der Waals surface area contributed by atoms with Crippen molar-refractivity contribution in [2.75, 3.05) is 6.54 Å². The molecule has 0 bridgehead atoms. The highest BCUT2D eigenvalue weighted by Crippen LogP contribution is 2.26. The molecular formula is C27H28Cl2N2O2. The summed E-state index contributed by atoms with van der Waals surface area (Å²) in [6.07, 6.45) is 0.412. The predicted molar refractivity (Wildman–Crippen MR) is 135 cm³/mol. The second-order valence-corrected chi connectivity index (χ2v) is 8.74. The highest BCUT2D eigenvalue weighted by Gasteiger charge is 2.31. The molecule has 0 fully saturated rings. The van der Waals surface area contributed by atoms with Crippen LogP contribution in [0.4, 0.5) is 0 Å². The van der Waals surface area contributed by atoms with Crippen molar-refractivity contribution in [3.63, 3.8) is 0 Å². The Kier molecular flexibility index (Phi) is 8.93. The molecule has 172 valence electrons. The molecule has 1 unspecified atom stereocenters. The summed E-state index contributed by atoms with van der Waals surface area (Å²) in [4.78, 5) is 28.6. The van der Waals surface area contributed by atoms with E-state index in [2.05, 4.69) is 5.32 Å². The average Bonchev–Trinajstić information content (AvgIpc) is 2.80. The number of likely N-dealkylation sites (N-methyl/N-ethyl adjacent to an activating group) is 1. The van der Waals surface area contributed by atoms with Crippen LogP contribution in [0.5, 0.6) is 0 Å². The van der Waals surface area contributed by atoms with E-state index in [1.807, 2.05) is 68.4 Å².